The molecule has 1 fully saturated rings. The van der Waals surface area contributed by atoms with Crippen molar-refractivity contribution in [2.24, 2.45) is 0 Å². The Hall–Kier alpha value is -2.31. The van der Waals surface area contributed by atoms with Crippen LogP contribution in [0.1, 0.15) is 11.9 Å². The number of hydrogen-bond donors (Lipinski definition) is 5. The van der Waals surface area contributed by atoms with Gasteiger partial charge in [0.15, 0.2) is 23.2 Å². The number of ether oxygens (including phenoxy) is 1. The number of fused-ring (bicyclic) bond motifs is 1. The molecule has 0 spiro atoms. The van der Waals surface area contributed by atoms with Gasteiger partial charge in [0.1, 0.15) is 29.8 Å². The number of aliphatic hydroxyl groups is 3. The van der Waals surface area contributed by atoms with Gasteiger partial charge in [-0.05, 0) is 0 Å². The highest BCUT2D eigenvalue weighted by atomic mass is 35.5. The molecule has 3 aromatic rings. The highest BCUT2D eigenvalue weighted by molar-refractivity contribution is 6.30. The number of anilines is 1. The first kappa shape index (κ1) is 18.1. The van der Waals surface area contributed by atoms with E-state index in [1.807, 2.05) is 0 Å². The number of aromatic nitrogens is 6. The molecular formula is C15H18ClN7O4. The number of halogens is 1. The predicted octanol–water partition coefficient (Wildman–Crippen LogP) is -0.531. The van der Waals surface area contributed by atoms with Crippen molar-refractivity contribution in [1.29, 1.82) is 0 Å². The summed E-state index contributed by atoms with van der Waals surface area (Å²) >= 11 is 5.95. The van der Waals surface area contributed by atoms with Gasteiger partial charge < -0.3 is 30.4 Å². The first-order valence-corrected chi connectivity index (χ1v) is 8.69. The van der Waals surface area contributed by atoms with E-state index in [1.54, 1.807) is 0 Å². The third-order valence-electron chi connectivity index (χ3n) is 4.48. The fourth-order valence-corrected chi connectivity index (χ4v) is 3.26. The monoisotopic (exact) mass is 395 g/mol. The summed E-state index contributed by atoms with van der Waals surface area (Å²) in [4.78, 5) is 19.6. The third kappa shape index (κ3) is 3.24. The molecule has 4 rings (SSSR count). The van der Waals surface area contributed by atoms with Crippen LogP contribution in [0.5, 0.6) is 0 Å². The Morgan fingerprint density at radius 1 is 1.22 bits per heavy atom. The average Bonchev–Trinajstić information content (AvgIpc) is 3.35. The van der Waals surface area contributed by atoms with Gasteiger partial charge >= 0.3 is 0 Å². The molecule has 0 unspecified atom stereocenters. The zero-order valence-electron chi connectivity index (χ0n) is 14.0. The Morgan fingerprint density at radius 3 is 2.78 bits per heavy atom. The smallest absolute Gasteiger partial charge is 0.167 e. The van der Waals surface area contributed by atoms with E-state index in [0.717, 1.165) is 5.69 Å². The molecule has 3 aromatic heterocycles. The lowest BCUT2D eigenvalue weighted by atomic mass is 10.1. The van der Waals surface area contributed by atoms with E-state index < -0.39 is 31.1 Å². The van der Waals surface area contributed by atoms with Crippen LogP contribution in [-0.4, -0.2) is 76.3 Å². The van der Waals surface area contributed by atoms with E-state index in [2.05, 4.69) is 30.2 Å². The number of hydrogen-bond acceptors (Lipinski definition) is 9. The van der Waals surface area contributed by atoms with Crippen molar-refractivity contribution in [3.05, 3.63) is 29.8 Å². The quantitative estimate of drug-likeness (QED) is 0.370. The SMILES string of the molecule is OC[C@H]1O[C@@H](n2cnc3c(NCCc4[nH]cnc4Cl)ncnc32)[C@H](O)[C@@H]1O. The maximum atomic E-state index is 10.2. The highest BCUT2D eigenvalue weighted by Crippen LogP contribution is 2.32. The Balaban J connectivity index is 1.54. The summed E-state index contributed by atoms with van der Waals surface area (Å²) in [6.45, 7) is 0.133. The summed E-state index contributed by atoms with van der Waals surface area (Å²) in [5, 5.41) is 33.0. The minimum Gasteiger partial charge on any atom is -0.394 e. The molecule has 0 radical (unpaired) electrons. The molecule has 11 nitrogen and oxygen atoms in total. The molecule has 0 bridgehead atoms. The lowest BCUT2D eigenvalue weighted by molar-refractivity contribution is -0.0511. The van der Waals surface area contributed by atoms with E-state index in [9.17, 15) is 15.3 Å². The Morgan fingerprint density at radius 2 is 2.07 bits per heavy atom. The van der Waals surface area contributed by atoms with Crippen molar-refractivity contribution in [2.75, 3.05) is 18.5 Å². The molecule has 4 heterocycles. The molecule has 0 amide bonds. The third-order valence-corrected chi connectivity index (χ3v) is 4.81. The van der Waals surface area contributed by atoms with Crippen molar-refractivity contribution in [3.63, 3.8) is 0 Å². The molecule has 0 aromatic carbocycles. The van der Waals surface area contributed by atoms with Crippen molar-refractivity contribution < 1.29 is 20.1 Å². The Kier molecular flexibility index (Phi) is 4.93. The first-order valence-electron chi connectivity index (χ1n) is 8.31. The second-order valence-corrected chi connectivity index (χ2v) is 6.48. The topological polar surface area (TPSA) is 154 Å². The maximum Gasteiger partial charge on any atom is 0.167 e. The van der Waals surface area contributed by atoms with Crippen LogP contribution in [0.2, 0.25) is 5.15 Å². The lowest BCUT2D eigenvalue weighted by Crippen LogP contribution is -2.33. The minimum atomic E-state index is -1.21. The molecular weight excluding hydrogens is 378 g/mol. The van der Waals surface area contributed by atoms with Crippen molar-refractivity contribution >= 4 is 28.6 Å². The van der Waals surface area contributed by atoms with Gasteiger partial charge in [-0.15, -0.1) is 0 Å². The number of imidazole rings is 2. The normalized spacial score (nSPS) is 25.3. The fraction of sp³-hybridized carbons (Fsp3) is 0.467. The van der Waals surface area contributed by atoms with Crippen molar-refractivity contribution in [1.82, 2.24) is 29.5 Å². The highest BCUT2D eigenvalue weighted by Gasteiger charge is 2.44. The van der Waals surface area contributed by atoms with Crippen LogP contribution in [0.15, 0.2) is 19.0 Å². The second-order valence-electron chi connectivity index (χ2n) is 6.12. The molecule has 0 aliphatic carbocycles. The summed E-state index contributed by atoms with van der Waals surface area (Å²) in [7, 11) is 0. The van der Waals surface area contributed by atoms with Gasteiger partial charge in [0.25, 0.3) is 0 Å². The van der Waals surface area contributed by atoms with Crippen LogP contribution in [0.3, 0.4) is 0 Å². The van der Waals surface area contributed by atoms with E-state index in [-0.39, 0.29) is 0 Å². The van der Waals surface area contributed by atoms with Crippen LogP contribution in [-0.2, 0) is 11.2 Å². The zero-order valence-corrected chi connectivity index (χ0v) is 14.8. The molecule has 1 aliphatic rings. The summed E-state index contributed by atoms with van der Waals surface area (Å²) in [5.41, 5.74) is 1.74. The Labute approximate surface area is 158 Å². The molecule has 4 atom stereocenters. The minimum absolute atomic E-state index is 0.403. The van der Waals surface area contributed by atoms with Crippen molar-refractivity contribution in [3.8, 4) is 0 Å². The number of aromatic amines is 1. The molecule has 27 heavy (non-hydrogen) atoms. The summed E-state index contributed by atoms with van der Waals surface area (Å²) in [6.07, 6.45) is 0.770. The second kappa shape index (κ2) is 7.37. The number of nitrogens with zero attached hydrogens (tertiary/aromatic N) is 5. The fourth-order valence-electron chi connectivity index (χ4n) is 3.06. The van der Waals surface area contributed by atoms with Crippen LogP contribution >= 0.6 is 11.6 Å². The number of aliphatic hydroxyl groups excluding tert-OH is 3. The van der Waals surface area contributed by atoms with E-state index >= 15 is 0 Å². The average molecular weight is 396 g/mol. The van der Waals surface area contributed by atoms with Gasteiger partial charge in [-0.25, -0.2) is 19.9 Å². The molecule has 144 valence electrons. The van der Waals surface area contributed by atoms with E-state index in [4.69, 9.17) is 16.3 Å². The molecule has 1 aliphatic heterocycles. The van der Waals surface area contributed by atoms with Crippen LogP contribution < -0.4 is 5.32 Å². The lowest BCUT2D eigenvalue weighted by Gasteiger charge is -2.16. The van der Waals surface area contributed by atoms with Crippen LogP contribution in [0.4, 0.5) is 5.82 Å². The van der Waals surface area contributed by atoms with Crippen molar-refractivity contribution in [2.45, 2.75) is 31.0 Å². The molecule has 12 heteroatoms. The standard InChI is InChI=1S/C15H18ClN7O4/c16-12-7(18-4-19-12)1-2-17-13-9-14(21-5-20-13)23(6-22-9)15-11(26)10(25)8(3-24)27-15/h4-6,8,10-11,15,24-26H,1-3H2,(H,18,19)(H,17,20,21)/t8-,10-,11-,15-/m1/s1. The Bertz CT molecular complexity index is 932. The van der Waals surface area contributed by atoms with Gasteiger partial charge in [0, 0.05) is 13.0 Å². The van der Waals surface area contributed by atoms with Gasteiger partial charge in [0.2, 0.25) is 0 Å². The van der Waals surface area contributed by atoms with Crippen LogP contribution in [0.25, 0.3) is 11.2 Å². The van der Waals surface area contributed by atoms with E-state index in [0.29, 0.717) is 35.1 Å². The number of nitrogens with one attached hydrogen (secondary N) is 2. The maximum absolute atomic E-state index is 10.2. The molecule has 5 N–H and O–H groups in total. The zero-order chi connectivity index (χ0) is 19.0. The van der Waals surface area contributed by atoms with Gasteiger partial charge in [-0.3, -0.25) is 4.57 Å². The number of H-pyrrole nitrogens is 1. The summed E-state index contributed by atoms with van der Waals surface area (Å²) in [6, 6.07) is 0. The first-order chi connectivity index (χ1) is 13.1. The predicted molar refractivity (Wildman–Crippen MR) is 94.1 cm³/mol. The van der Waals surface area contributed by atoms with Gasteiger partial charge in [-0.2, -0.15) is 0 Å². The molecule has 0 saturated carbocycles. The largest absolute Gasteiger partial charge is 0.394 e. The van der Waals surface area contributed by atoms with Crippen LogP contribution in [0, 0.1) is 0 Å². The van der Waals surface area contributed by atoms with E-state index in [1.165, 1.54) is 23.5 Å². The van der Waals surface area contributed by atoms with Gasteiger partial charge in [0.05, 0.1) is 25.0 Å². The molecule has 1 saturated heterocycles. The van der Waals surface area contributed by atoms with Gasteiger partial charge in [-0.1, -0.05) is 11.6 Å². The summed E-state index contributed by atoms with van der Waals surface area (Å²) in [5.74, 6) is 0.515. The summed E-state index contributed by atoms with van der Waals surface area (Å²) < 4.78 is 7.05. The number of rotatable bonds is 6.